The van der Waals surface area contributed by atoms with Gasteiger partial charge < -0.3 is 15.2 Å². The van der Waals surface area contributed by atoms with E-state index < -0.39 is 11.0 Å². The zero-order valence-corrected chi connectivity index (χ0v) is 14.1. The number of non-ortho nitro benzene ring substituents is 1. The number of nitro benzene ring substituents is 1. The molecule has 1 amide bonds. The largest absolute Gasteiger partial charge is 0.491 e. The van der Waals surface area contributed by atoms with Crippen LogP contribution in [0.4, 0.5) is 5.69 Å². The maximum Gasteiger partial charge on any atom is 0.269 e. The first-order chi connectivity index (χ1) is 11.9. The van der Waals surface area contributed by atoms with E-state index in [1.54, 1.807) is 6.07 Å². The third kappa shape index (κ3) is 5.02. The molecule has 2 rings (SSSR count). The van der Waals surface area contributed by atoms with Crippen molar-refractivity contribution in [2.24, 2.45) is 0 Å². The molecule has 0 saturated carbocycles. The molecule has 2 aromatic rings. The molecular formula is C18H20N2O5. The summed E-state index contributed by atoms with van der Waals surface area (Å²) in [6.45, 7) is 3.81. The van der Waals surface area contributed by atoms with E-state index in [0.717, 1.165) is 11.1 Å². The van der Waals surface area contributed by atoms with Crippen LogP contribution in [-0.2, 0) is 0 Å². The van der Waals surface area contributed by atoms with Gasteiger partial charge in [-0.1, -0.05) is 12.1 Å². The van der Waals surface area contributed by atoms with E-state index in [1.807, 2.05) is 26.0 Å². The van der Waals surface area contributed by atoms with Crippen LogP contribution in [0.15, 0.2) is 42.5 Å². The number of carbonyl (C=O) groups is 1. The van der Waals surface area contributed by atoms with Gasteiger partial charge in [0.2, 0.25) is 0 Å². The van der Waals surface area contributed by atoms with E-state index in [0.29, 0.717) is 11.3 Å². The summed E-state index contributed by atoms with van der Waals surface area (Å²) in [7, 11) is 0. The Morgan fingerprint density at radius 2 is 1.92 bits per heavy atom. The fourth-order valence-corrected chi connectivity index (χ4v) is 2.22. The van der Waals surface area contributed by atoms with Crippen molar-refractivity contribution in [3.05, 3.63) is 69.3 Å². The lowest BCUT2D eigenvalue weighted by Crippen LogP contribution is -2.35. The Bertz CT molecular complexity index is 759. The van der Waals surface area contributed by atoms with Crippen LogP contribution in [0, 0.1) is 24.0 Å². The zero-order valence-electron chi connectivity index (χ0n) is 14.1. The number of aryl methyl sites for hydroxylation is 1. The topological polar surface area (TPSA) is 102 Å². The summed E-state index contributed by atoms with van der Waals surface area (Å²) < 4.78 is 5.36. The molecule has 0 unspecified atom stereocenters. The minimum atomic E-state index is -0.899. The van der Waals surface area contributed by atoms with Crippen LogP contribution in [0.3, 0.4) is 0 Å². The summed E-state index contributed by atoms with van der Waals surface area (Å²) in [6, 6.07) is 11.0. The number of rotatable bonds is 7. The molecule has 25 heavy (non-hydrogen) atoms. The monoisotopic (exact) mass is 344 g/mol. The van der Waals surface area contributed by atoms with Crippen LogP contribution in [0.25, 0.3) is 0 Å². The van der Waals surface area contributed by atoms with Crippen molar-refractivity contribution in [1.82, 2.24) is 5.32 Å². The van der Waals surface area contributed by atoms with Crippen molar-refractivity contribution in [1.29, 1.82) is 0 Å². The Morgan fingerprint density at radius 3 is 2.56 bits per heavy atom. The van der Waals surface area contributed by atoms with E-state index in [9.17, 15) is 20.0 Å². The van der Waals surface area contributed by atoms with Gasteiger partial charge >= 0.3 is 0 Å². The van der Waals surface area contributed by atoms with Crippen molar-refractivity contribution in [2.75, 3.05) is 13.2 Å². The minimum Gasteiger partial charge on any atom is -0.491 e. The molecule has 132 valence electrons. The molecule has 0 aromatic heterocycles. The smallest absolute Gasteiger partial charge is 0.269 e. The van der Waals surface area contributed by atoms with Gasteiger partial charge in [-0.05, 0) is 43.2 Å². The van der Waals surface area contributed by atoms with Gasteiger partial charge in [0.05, 0.1) is 4.92 Å². The zero-order chi connectivity index (χ0) is 18.4. The average Bonchev–Trinajstić information content (AvgIpc) is 2.60. The number of amides is 1. The molecule has 7 nitrogen and oxygen atoms in total. The number of benzene rings is 2. The Labute approximate surface area is 145 Å². The van der Waals surface area contributed by atoms with Gasteiger partial charge in [0, 0.05) is 24.2 Å². The molecule has 0 fully saturated rings. The van der Waals surface area contributed by atoms with Crippen LogP contribution < -0.4 is 10.1 Å². The molecular weight excluding hydrogens is 324 g/mol. The van der Waals surface area contributed by atoms with Gasteiger partial charge in [0.1, 0.15) is 18.5 Å². The predicted molar refractivity (Wildman–Crippen MR) is 92.8 cm³/mol. The van der Waals surface area contributed by atoms with Gasteiger partial charge in [-0.3, -0.25) is 14.9 Å². The highest BCUT2D eigenvalue weighted by Gasteiger charge is 2.13. The first-order valence-corrected chi connectivity index (χ1v) is 7.78. The molecule has 0 aliphatic heterocycles. The van der Waals surface area contributed by atoms with Gasteiger partial charge in [-0.2, -0.15) is 0 Å². The summed E-state index contributed by atoms with van der Waals surface area (Å²) in [6.07, 6.45) is -0.899. The number of nitro groups is 1. The molecule has 0 heterocycles. The van der Waals surface area contributed by atoms with Crippen molar-refractivity contribution >= 4 is 11.6 Å². The third-order valence-electron chi connectivity index (χ3n) is 3.84. The molecule has 0 radical (unpaired) electrons. The summed E-state index contributed by atoms with van der Waals surface area (Å²) in [5.74, 6) is 0.154. The number of aliphatic hydroxyl groups excluding tert-OH is 1. The highest BCUT2D eigenvalue weighted by atomic mass is 16.6. The Balaban J connectivity index is 1.82. The highest BCUT2D eigenvalue weighted by Crippen LogP contribution is 2.17. The third-order valence-corrected chi connectivity index (χ3v) is 3.84. The number of aliphatic hydroxyl groups is 1. The number of ether oxygens (including phenoxy) is 1. The van der Waals surface area contributed by atoms with Gasteiger partial charge in [-0.15, -0.1) is 0 Å². The fourth-order valence-electron chi connectivity index (χ4n) is 2.22. The van der Waals surface area contributed by atoms with Crippen LogP contribution in [0.1, 0.15) is 21.5 Å². The number of hydrogen-bond acceptors (Lipinski definition) is 5. The maximum absolute atomic E-state index is 12.2. The molecule has 0 bridgehead atoms. The highest BCUT2D eigenvalue weighted by molar-refractivity contribution is 5.95. The SMILES string of the molecule is Cc1cccc(C(=O)NC[C@H](O)COc2ccc([N+](=O)[O-])cc2)c1C. The first-order valence-electron chi connectivity index (χ1n) is 7.78. The van der Waals surface area contributed by atoms with Gasteiger partial charge in [0.25, 0.3) is 11.6 Å². The second-order valence-corrected chi connectivity index (χ2v) is 5.67. The second-order valence-electron chi connectivity index (χ2n) is 5.67. The van der Waals surface area contributed by atoms with Crippen LogP contribution >= 0.6 is 0 Å². The summed E-state index contributed by atoms with van der Waals surface area (Å²) in [4.78, 5) is 22.2. The molecule has 7 heteroatoms. The van der Waals surface area contributed by atoms with Crippen LogP contribution in [0.5, 0.6) is 5.75 Å². The quantitative estimate of drug-likeness (QED) is 0.593. The summed E-state index contributed by atoms with van der Waals surface area (Å²) in [5.41, 5.74) is 2.46. The number of hydrogen-bond donors (Lipinski definition) is 2. The van der Waals surface area contributed by atoms with E-state index in [1.165, 1.54) is 24.3 Å². The van der Waals surface area contributed by atoms with E-state index >= 15 is 0 Å². The minimum absolute atomic E-state index is 0.0336. The summed E-state index contributed by atoms with van der Waals surface area (Å²) in [5, 5.41) is 23.2. The number of nitrogens with one attached hydrogen (secondary N) is 1. The summed E-state index contributed by atoms with van der Waals surface area (Å²) >= 11 is 0. The number of carbonyl (C=O) groups excluding carboxylic acids is 1. The lowest BCUT2D eigenvalue weighted by Gasteiger charge is -2.14. The fraction of sp³-hybridized carbons (Fsp3) is 0.278. The average molecular weight is 344 g/mol. The normalized spacial score (nSPS) is 11.6. The Morgan fingerprint density at radius 1 is 1.24 bits per heavy atom. The van der Waals surface area contributed by atoms with Gasteiger partial charge in [0.15, 0.2) is 0 Å². The van der Waals surface area contributed by atoms with Crippen molar-refractivity contribution in [3.8, 4) is 5.75 Å². The second kappa shape index (κ2) is 8.25. The molecule has 0 aliphatic carbocycles. The lowest BCUT2D eigenvalue weighted by atomic mass is 10.0. The Hall–Kier alpha value is -2.93. The van der Waals surface area contributed by atoms with Crippen LogP contribution in [0.2, 0.25) is 0 Å². The van der Waals surface area contributed by atoms with E-state index in [-0.39, 0.29) is 24.7 Å². The van der Waals surface area contributed by atoms with Crippen molar-refractivity contribution in [2.45, 2.75) is 20.0 Å². The van der Waals surface area contributed by atoms with Crippen molar-refractivity contribution < 1.29 is 19.6 Å². The molecule has 2 N–H and O–H groups in total. The van der Waals surface area contributed by atoms with Crippen LogP contribution in [-0.4, -0.2) is 35.2 Å². The van der Waals surface area contributed by atoms with Gasteiger partial charge in [-0.25, -0.2) is 0 Å². The standard InChI is InChI=1S/C18H20N2O5/c1-12-4-3-5-17(13(12)2)18(22)19-10-15(21)11-25-16-8-6-14(7-9-16)20(23)24/h3-9,15,21H,10-11H2,1-2H3,(H,19,22)/t15-/m0/s1. The van der Waals surface area contributed by atoms with E-state index in [4.69, 9.17) is 4.74 Å². The molecule has 1 atom stereocenters. The predicted octanol–water partition coefficient (Wildman–Crippen LogP) is 2.38. The maximum atomic E-state index is 12.2. The van der Waals surface area contributed by atoms with E-state index in [2.05, 4.69) is 5.32 Å². The number of nitrogens with zero attached hydrogens (tertiary/aromatic N) is 1. The Kier molecular flexibility index (Phi) is 6.08. The van der Waals surface area contributed by atoms with Crippen molar-refractivity contribution in [3.63, 3.8) is 0 Å². The molecule has 0 aliphatic rings. The first kappa shape index (κ1) is 18.4. The molecule has 0 spiro atoms. The molecule has 2 aromatic carbocycles. The molecule has 0 saturated heterocycles. The lowest BCUT2D eigenvalue weighted by molar-refractivity contribution is -0.384.